The summed E-state index contributed by atoms with van der Waals surface area (Å²) in [6.45, 7) is 1.48. The summed E-state index contributed by atoms with van der Waals surface area (Å²) >= 11 is 3.35. The predicted octanol–water partition coefficient (Wildman–Crippen LogP) is 1.76. The highest BCUT2D eigenvalue weighted by molar-refractivity contribution is 9.10. The van der Waals surface area contributed by atoms with Gasteiger partial charge in [0, 0.05) is 23.8 Å². The normalized spacial score (nSPS) is 16.6. The predicted molar refractivity (Wildman–Crippen MR) is 57.3 cm³/mol. The van der Waals surface area contributed by atoms with E-state index in [9.17, 15) is 4.79 Å². The number of urea groups is 1. The van der Waals surface area contributed by atoms with Gasteiger partial charge < -0.3 is 5.32 Å². The molecule has 2 heterocycles. The number of hydrogen-bond donors (Lipinski definition) is 1. The maximum atomic E-state index is 11.5. The molecule has 1 fully saturated rings. The van der Waals surface area contributed by atoms with Gasteiger partial charge in [-0.3, -0.25) is 4.90 Å². The van der Waals surface area contributed by atoms with Crippen LogP contribution in [0.1, 0.15) is 6.42 Å². The zero-order valence-electron chi connectivity index (χ0n) is 7.53. The summed E-state index contributed by atoms with van der Waals surface area (Å²) in [7, 11) is 0. The van der Waals surface area contributed by atoms with Gasteiger partial charge in [0.15, 0.2) is 0 Å². The molecule has 5 heteroatoms. The molecular formula is C9H10BrN3O. The van der Waals surface area contributed by atoms with Crippen molar-refractivity contribution in [1.82, 2.24) is 10.3 Å². The summed E-state index contributed by atoms with van der Waals surface area (Å²) in [6.07, 6.45) is 2.64. The second-order valence-corrected chi connectivity index (χ2v) is 3.99. The first-order valence-corrected chi connectivity index (χ1v) is 5.23. The van der Waals surface area contributed by atoms with Gasteiger partial charge in [-0.15, -0.1) is 0 Å². The van der Waals surface area contributed by atoms with Crippen LogP contribution in [0, 0.1) is 0 Å². The monoisotopic (exact) mass is 255 g/mol. The molecule has 1 aromatic rings. The lowest BCUT2D eigenvalue weighted by Gasteiger charge is -2.26. The van der Waals surface area contributed by atoms with Crippen molar-refractivity contribution in [3.8, 4) is 0 Å². The highest BCUT2D eigenvalue weighted by Gasteiger charge is 2.19. The molecule has 0 unspecified atom stereocenters. The third-order valence-electron chi connectivity index (χ3n) is 2.06. The Bertz CT molecular complexity index is 356. The third-order valence-corrected chi connectivity index (χ3v) is 2.56. The Balaban J connectivity index is 2.24. The van der Waals surface area contributed by atoms with Crippen LogP contribution in [-0.2, 0) is 0 Å². The maximum Gasteiger partial charge on any atom is 0.323 e. The Labute approximate surface area is 90.4 Å². The summed E-state index contributed by atoms with van der Waals surface area (Å²) in [5.74, 6) is 0.691. The lowest BCUT2D eigenvalue weighted by molar-refractivity contribution is 0.242. The van der Waals surface area contributed by atoms with Crippen LogP contribution in [0.2, 0.25) is 0 Å². The van der Waals surface area contributed by atoms with E-state index in [1.807, 2.05) is 12.1 Å². The fraction of sp³-hybridized carbons (Fsp3) is 0.333. The van der Waals surface area contributed by atoms with Crippen LogP contribution >= 0.6 is 15.9 Å². The molecule has 4 nitrogen and oxygen atoms in total. The first kappa shape index (κ1) is 9.45. The van der Waals surface area contributed by atoms with Crippen molar-refractivity contribution >= 4 is 27.8 Å². The molecule has 2 amide bonds. The molecule has 14 heavy (non-hydrogen) atoms. The molecule has 0 radical (unpaired) electrons. The van der Waals surface area contributed by atoms with Gasteiger partial charge in [-0.1, -0.05) is 15.9 Å². The molecule has 0 spiro atoms. The molecule has 1 N–H and O–H groups in total. The fourth-order valence-corrected chi connectivity index (χ4v) is 1.71. The number of anilines is 1. The molecule has 1 aromatic heterocycles. The van der Waals surface area contributed by atoms with E-state index in [0.717, 1.165) is 24.0 Å². The summed E-state index contributed by atoms with van der Waals surface area (Å²) in [5.41, 5.74) is 0. The average Bonchev–Trinajstić information content (AvgIpc) is 2.18. The van der Waals surface area contributed by atoms with Gasteiger partial charge in [0.25, 0.3) is 0 Å². The number of nitrogens with one attached hydrogen (secondary N) is 1. The van der Waals surface area contributed by atoms with Crippen LogP contribution < -0.4 is 10.2 Å². The van der Waals surface area contributed by atoms with Gasteiger partial charge in [0.05, 0.1) is 0 Å². The molecule has 0 aromatic carbocycles. The quantitative estimate of drug-likeness (QED) is 0.832. The van der Waals surface area contributed by atoms with Crippen LogP contribution in [0.4, 0.5) is 10.6 Å². The Morgan fingerprint density at radius 2 is 2.43 bits per heavy atom. The van der Waals surface area contributed by atoms with Gasteiger partial charge in [0.1, 0.15) is 5.82 Å². The summed E-state index contributed by atoms with van der Waals surface area (Å²) in [4.78, 5) is 17.3. The largest absolute Gasteiger partial charge is 0.338 e. The minimum atomic E-state index is -0.0677. The fourth-order valence-electron chi connectivity index (χ4n) is 1.39. The van der Waals surface area contributed by atoms with Crippen molar-refractivity contribution in [3.63, 3.8) is 0 Å². The Morgan fingerprint density at radius 1 is 1.57 bits per heavy atom. The highest BCUT2D eigenvalue weighted by atomic mass is 79.9. The van der Waals surface area contributed by atoms with E-state index in [0.29, 0.717) is 5.82 Å². The van der Waals surface area contributed by atoms with Crippen LogP contribution in [0.25, 0.3) is 0 Å². The lowest BCUT2D eigenvalue weighted by Crippen LogP contribution is -2.46. The molecule has 0 aliphatic carbocycles. The molecule has 0 saturated carbocycles. The van der Waals surface area contributed by atoms with E-state index in [1.54, 1.807) is 11.1 Å². The second-order valence-electron chi connectivity index (χ2n) is 3.07. The number of carbonyl (C=O) groups excluding carboxylic acids is 1. The van der Waals surface area contributed by atoms with Crippen LogP contribution in [0.15, 0.2) is 22.8 Å². The molecule has 2 rings (SSSR count). The van der Waals surface area contributed by atoms with E-state index in [4.69, 9.17) is 0 Å². The van der Waals surface area contributed by atoms with Gasteiger partial charge in [-0.05, 0) is 18.6 Å². The SMILES string of the molecule is O=C1NCCCN1c1cc(Br)ccn1. The molecule has 74 valence electrons. The van der Waals surface area contributed by atoms with Crippen molar-refractivity contribution in [2.45, 2.75) is 6.42 Å². The summed E-state index contributed by atoms with van der Waals surface area (Å²) in [5, 5.41) is 2.78. The van der Waals surface area contributed by atoms with Crippen molar-refractivity contribution in [2.24, 2.45) is 0 Å². The number of halogens is 1. The number of aromatic nitrogens is 1. The summed E-state index contributed by atoms with van der Waals surface area (Å²) < 4.78 is 0.931. The third kappa shape index (κ3) is 1.87. The van der Waals surface area contributed by atoms with Crippen molar-refractivity contribution in [1.29, 1.82) is 0 Å². The van der Waals surface area contributed by atoms with Crippen LogP contribution in [-0.4, -0.2) is 24.1 Å². The number of hydrogen-bond acceptors (Lipinski definition) is 2. The van der Waals surface area contributed by atoms with Crippen LogP contribution in [0.5, 0.6) is 0 Å². The Kier molecular flexibility index (Phi) is 2.67. The van der Waals surface area contributed by atoms with Gasteiger partial charge in [-0.2, -0.15) is 0 Å². The van der Waals surface area contributed by atoms with Gasteiger partial charge in [-0.25, -0.2) is 9.78 Å². The van der Waals surface area contributed by atoms with Crippen molar-refractivity contribution < 1.29 is 4.79 Å². The van der Waals surface area contributed by atoms with E-state index < -0.39 is 0 Å². The number of rotatable bonds is 1. The standard InChI is InChI=1S/C9H10BrN3O/c10-7-2-4-11-8(6-7)13-5-1-3-12-9(13)14/h2,4,6H,1,3,5H2,(H,12,14). The number of amides is 2. The van der Waals surface area contributed by atoms with Crippen molar-refractivity contribution in [2.75, 3.05) is 18.0 Å². The molecular weight excluding hydrogens is 246 g/mol. The average molecular weight is 256 g/mol. The molecule has 0 atom stereocenters. The Morgan fingerprint density at radius 3 is 3.14 bits per heavy atom. The first-order chi connectivity index (χ1) is 6.77. The topological polar surface area (TPSA) is 45.2 Å². The molecule has 1 aliphatic rings. The molecule has 0 bridgehead atoms. The van der Waals surface area contributed by atoms with Crippen molar-refractivity contribution in [3.05, 3.63) is 22.8 Å². The summed E-state index contributed by atoms with van der Waals surface area (Å²) in [6, 6.07) is 3.61. The zero-order chi connectivity index (χ0) is 9.97. The minimum absolute atomic E-state index is 0.0677. The lowest BCUT2D eigenvalue weighted by atomic mass is 10.3. The number of nitrogens with zero attached hydrogens (tertiary/aromatic N) is 2. The van der Waals surface area contributed by atoms with E-state index in [1.165, 1.54) is 0 Å². The number of pyridine rings is 1. The maximum absolute atomic E-state index is 11.5. The Hall–Kier alpha value is -1.10. The van der Waals surface area contributed by atoms with Gasteiger partial charge in [0.2, 0.25) is 0 Å². The molecule has 1 saturated heterocycles. The highest BCUT2D eigenvalue weighted by Crippen LogP contribution is 2.18. The molecule has 1 aliphatic heterocycles. The number of carbonyl (C=O) groups is 1. The van der Waals surface area contributed by atoms with E-state index in [-0.39, 0.29) is 6.03 Å². The smallest absolute Gasteiger partial charge is 0.323 e. The van der Waals surface area contributed by atoms with E-state index in [2.05, 4.69) is 26.2 Å². The first-order valence-electron chi connectivity index (χ1n) is 4.44. The van der Waals surface area contributed by atoms with E-state index >= 15 is 0 Å². The second kappa shape index (κ2) is 3.96. The van der Waals surface area contributed by atoms with Crippen LogP contribution in [0.3, 0.4) is 0 Å². The minimum Gasteiger partial charge on any atom is -0.338 e. The van der Waals surface area contributed by atoms with Gasteiger partial charge >= 0.3 is 6.03 Å². The zero-order valence-corrected chi connectivity index (χ0v) is 9.12.